The van der Waals surface area contributed by atoms with Crippen molar-refractivity contribution >= 4 is 0 Å². The maximum absolute atomic E-state index is 9.36. The van der Waals surface area contributed by atoms with Gasteiger partial charge in [-0.2, -0.15) is 0 Å². The molecule has 1 aromatic carbocycles. The molecule has 1 atom stereocenters. The summed E-state index contributed by atoms with van der Waals surface area (Å²) in [6, 6.07) is 8.21. The van der Waals surface area contributed by atoms with Crippen LogP contribution in [-0.2, 0) is 6.54 Å². The van der Waals surface area contributed by atoms with Crippen LogP contribution in [0, 0.1) is 0 Å². The molecule has 1 fully saturated rings. The monoisotopic (exact) mass is 262 g/mol. The average molecular weight is 262 g/mol. The van der Waals surface area contributed by atoms with Crippen LogP contribution in [0.3, 0.4) is 0 Å². The molecule has 1 heterocycles. The summed E-state index contributed by atoms with van der Waals surface area (Å²) >= 11 is 0. The molecule has 106 valence electrons. The first-order chi connectivity index (χ1) is 9.00. The molecule has 0 amide bonds. The van der Waals surface area contributed by atoms with Gasteiger partial charge < -0.3 is 10.4 Å². The fourth-order valence-corrected chi connectivity index (χ4v) is 2.85. The molecule has 3 heteroatoms. The Morgan fingerprint density at radius 3 is 2.63 bits per heavy atom. The Labute approximate surface area is 116 Å². The molecule has 2 rings (SSSR count). The van der Waals surface area contributed by atoms with E-state index in [0.29, 0.717) is 11.8 Å². The lowest BCUT2D eigenvalue weighted by molar-refractivity contribution is 0.0826. The predicted octanol–water partition coefficient (Wildman–Crippen LogP) is 2.74. The quantitative estimate of drug-likeness (QED) is 0.876. The van der Waals surface area contributed by atoms with E-state index >= 15 is 0 Å². The van der Waals surface area contributed by atoms with Gasteiger partial charge in [0.05, 0.1) is 0 Å². The summed E-state index contributed by atoms with van der Waals surface area (Å²) in [5.41, 5.74) is 1.46. The molecule has 1 aromatic rings. The largest absolute Gasteiger partial charge is 0.508 e. The maximum atomic E-state index is 9.36. The lowest BCUT2D eigenvalue weighted by atomic mass is 9.96. The molecule has 19 heavy (non-hydrogen) atoms. The molecule has 0 aromatic heterocycles. The Hall–Kier alpha value is -1.06. The molecule has 0 bridgehead atoms. The van der Waals surface area contributed by atoms with E-state index in [-0.39, 0.29) is 5.54 Å². The van der Waals surface area contributed by atoms with Crippen molar-refractivity contribution in [3.63, 3.8) is 0 Å². The minimum absolute atomic E-state index is 0.182. The number of nitrogens with one attached hydrogen (secondary N) is 1. The van der Waals surface area contributed by atoms with E-state index in [1.54, 1.807) is 12.1 Å². The van der Waals surface area contributed by atoms with E-state index in [4.69, 9.17) is 0 Å². The van der Waals surface area contributed by atoms with Crippen LogP contribution in [0.15, 0.2) is 24.3 Å². The standard InChI is InChI=1S/C16H26N2O/c1-4-5-14-10-17-16(2,3)12-18(14)11-13-6-8-15(19)9-7-13/h6-9,14,17,19H,4-5,10-12H2,1-3H3. The second kappa shape index (κ2) is 5.93. The molecule has 0 aliphatic carbocycles. The summed E-state index contributed by atoms with van der Waals surface area (Å²) in [6.07, 6.45) is 2.46. The van der Waals surface area contributed by atoms with Gasteiger partial charge in [0.1, 0.15) is 5.75 Å². The molecule has 0 radical (unpaired) electrons. The van der Waals surface area contributed by atoms with E-state index < -0.39 is 0 Å². The number of phenolic OH excluding ortho intramolecular Hbond substituents is 1. The van der Waals surface area contributed by atoms with Gasteiger partial charge >= 0.3 is 0 Å². The zero-order valence-electron chi connectivity index (χ0n) is 12.3. The third-order valence-electron chi connectivity index (χ3n) is 3.87. The Morgan fingerprint density at radius 2 is 2.00 bits per heavy atom. The molecule has 2 N–H and O–H groups in total. The lowest BCUT2D eigenvalue weighted by Crippen LogP contribution is -2.61. The van der Waals surface area contributed by atoms with Crippen molar-refractivity contribution < 1.29 is 5.11 Å². The van der Waals surface area contributed by atoms with E-state index in [2.05, 4.69) is 31.0 Å². The molecule has 0 saturated carbocycles. The highest BCUT2D eigenvalue weighted by atomic mass is 16.3. The Kier molecular flexibility index (Phi) is 4.48. The fraction of sp³-hybridized carbons (Fsp3) is 0.625. The normalized spacial score (nSPS) is 23.4. The van der Waals surface area contributed by atoms with Crippen molar-refractivity contribution in [2.75, 3.05) is 13.1 Å². The van der Waals surface area contributed by atoms with Crippen molar-refractivity contribution in [2.45, 2.75) is 51.7 Å². The first kappa shape index (κ1) is 14.4. The number of hydrogen-bond acceptors (Lipinski definition) is 3. The highest BCUT2D eigenvalue weighted by Crippen LogP contribution is 2.21. The predicted molar refractivity (Wildman–Crippen MR) is 79.3 cm³/mol. The van der Waals surface area contributed by atoms with Crippen molar-refractivity contribution in [2.24, 2.45) is 0 Å². The average Bonchev–Trinajstić information content (AvgIpc) is 2.35. The Balaban J connectivity index is 2.06. The SMILES string of the molecule is CCCC1CNC(C)(C)CN1Cc1ccc(O)cc1. The number of piperazine rings is 1. The topological polar surface area (TPSA) is 35.5 Å². The second-order valence-electron chi connectivity index (χ2n) is 6.28. The van der Waals surface area contributed by atoms with Gasteiger partial charge in [0.15, 0.2) is 0 Å². The van der Waals surface area contributed by atoms with Gasteiger partial charge in [-0.3, -0.25) is 4.90 Å². The van der Waals surface area contributed by atoms with Crippen LogP contribution < -0.4 is 5.32 Å². The molecular formula is C16H26N2O. The molecule has 0 spiro atoms. The van der Waals surface area contributed by atoms with Crippen LogP contribution in [0.2, 0.25) is 0 Å². The van der Waals surface area contributed by atoms with Gasteiger partial charge in [0.25, 0.3) is 0 Å². The number of aromatic hydroxyl groups is 1. The van der Waals surface area contributed by atoms with Crippen LogP contribution >= 0.6 is 0 Å². The zero-order valence-corrected chi connectivity index (χ0v) is 12.3. The lowest BCUT2D eigenvalue weighted by Gasteiger charge is -2.44. The van der Waals surface area contributed by atoms with Gasteiger partial charge in [-0.15, -0.1) is 0 Å². The van der Waals surface area contributed by atoms with Crippen molar-refractivity contribution in [3.8, 4) is 5.75 Å². The van der Waals surface area contributed by atoms with Gasteiger partial charge in [0.2, 0.25) is 0 Å². The number of nitrogens with zero attached hydrogens (tertiary/aromatic N) is 1. The first-order valence-corrected chi connectivity index (χ1v) is 7.27. The van der Waals surface area contributed by atoms with Crippen LogP contribution in [-0.4, -0.2) is 34.7 Å². The Bertz CT molecular complexity index is 400. The van der Waals surface area contributed by atoms with Crippen LogP contribution in [0.25, 0.3) is 0 Å². The van der Waals surface area contributed by atoms with E-state index in [1.165, 1.54) is 18.4 Å². The van der Waals surface area contributed by atoms with Crippen molar-refractivity contribution in [1.82, 2.24) is 10.2 Å². The van der Waals surface area contributed by atoms with Crippen molar-refractivity contribution in [1.29, 1.82) is 0 Å². The minimum Gasteiger partial charge on any atom is -0.508 e. The number of hydrogen-bond donors (Lipinski definition) is 2. The summed E-state index contributed by atoms with van der Waals surface area (Å²) in [4.78, 5) is 2.58. The van der Waals surface area contributed by atoms with E-state index in [9.17, 15) is 5.11 Å². The fourth-order valence-electron chi connectivity index (χ4n) is 2.85. The highest BCUT2D eigenvalue weighted by molar-refractivity contribution is 5.26. The number of rotatable bonds is 4. The summed E-state index contributed by atoms with van der Waals surface area (Å²) in [5.74, 6) is 0.342. The highest BCUT2D eigenvalue weighted by Gasteiger charge is 2.31. The summed E-state index contributed by atoms with van der Waals surface area (Å²) in [7, 11) is 0. The first-order valence-electron chi connectivity index (χ1n) is 7.27. The molecule has 1 aliphatic heterocycles. The molecule has 1 aliphatic rings. The molecule has 1 saturated heterocycles. The third-order valence-corrected chi connectivity index (χ3v) is 3.87. The van der Waals surface area contributed by atoms with E-state index in [1.807, 2.05) is 12.1 Å². The van der Waals surface area contributed by atoms with Gasteiger partial charge in [-0.05, 0) is 38.0 Å². The van der Waals surface area contributed by atoms with Crippen LogP contribution in [0.5, 0.6) is 5.75 Å². The molecule has 3 nitrogen and oxygen atoms in total. The minimum atomic E-state index is 0.182. The molecule has 1 unspecified atom stereocenters. The van der Waals surface area contributed by atoms with E-state index in [0.717, 1.165) is 19.6 Å². The smallest absolute Gasteiger partial charge is 0.115 e. The third kappa shape index (κ3) is 3.95. The number of phenols is 1. The van der Waals surface area contributed by atoms with Gasteiger partial charge in [0, 0.05) is 31.2 Å². The van der Waals surface area contributed by atoms with Crippen LogP contribution in [0.1, 0.15) is 39.2 Å². The maximum Gasteiger partial charge on any atom is 0.115 e. The van der Waals surface area contributed by atoms with Gasteiger partial charge in [-0.25, -0.2) is 0 Å². The Morgan fingerprint density at radius 1 is 1.32 bits per heavy atom. The number of benzene rings is 1. The second-order valence-corrected chi connectivity index (χ2v) is 6.28. The van der Waals surface area contributed by atoms with Crippen LogP contribution in [0.4, 0.5) is 0 Å². The summed E-state index contributed by atoms with van der Waals surface area (Å²) in [6.45, 7) is 9.88. The van der Waals surface area contributed by atoms with Crippen molar-refractivity contribution in [3.05, 3.63) is 29.8 Å². The zero-order chi connectivity index (χ0) is 13.9. The molecular weight excluding hydrogens is 236 g/mol. The summed E-state index contributed by atoms with van der Waals surface area (Å²) in [5, 5.41) is 13.0. The van der Waals surface area contributed by atoms with Gasteiger partial charge in [-0.1, -0.05) is 25.5 Å². The summed E-state index contributed by atoms with van der Waals surface area (Å²) < 4.78 is 0.